The summed E-state index contributed by atoms with van der Waals surface area (Å²) in [6.07, 6.45) is -1.03. The topological polar surface area (TPSA) is 84.3 Å². The maximum Gasteiger partial charge on any atom is 0.262 e. The molecule has 1 heterocycles. The van der Waals surface area contributed by atoms with Crippen molar-refractivity contribution in [3.8, 4) is 11.1 Å². The lowest BCUT2D eigenvalue weighted by Gasteiger charge is -2.39. The van der Waals surface area contributed by atoms with Crippen molar-refractivity contribution in [1.82, 2.24) is 4.90 Å². The third-order valence-corrected chi connectivity index (χ3v) is 7.19. The van der Waals surface area contributed by atoms with Gasteiger partial charge in [0, 0.05) is 36.3 Å². The molecule has 206 valence electrons. The Morgan fingerprint density at radius 3 is 2.28 bits per heavy atom. The summed E-state index contributed by atoms with van der Waals surface area (Å²) in [7, 11) is 1.49. The Kier molecular flexibility index (Phi) is 9.07. The maximum absolute atomic E-state index is 14.5. The van der Waals surface area contributed by atoms with Crippen LogP contribution in [0.3, 0.4) is 0 Å². The maximum atomic E-state index is 14.5. The third-order valence-electron chi connectivity index (χ3n) is 6.55. The van der Waals surface area contributed by atoms with Crippen LogP contribution in [0, 0.1) is 5.82 Å². The zero-order valence-electron chi connectivity index (χ0n) is 21.1. The molecule has 0 saturated carbocycles. The van der Waals surface area contributed by atoms with E-state index in [1.54, 1.807) is 41.3 Å². The molecule has 1 aliphatic rings. The van der Waals surface area contributed by atoms with Crippen molar-refractivity contribution < 1.29 is 28.6 Å². The van der Waals surface area contributed by atoms with Crippen LogP contribution in [-0.4, -0.2) is 79.5 Å². The number of aliphatic hydroxyl groups excluding tert-OH is 2. The molecule has 3 aromatic rings. The SMILES string of the molecule is CN(C(=O)c1c(F)cccc1Cl)c1ccc(-c2cc(C(=O)N(CCO)CCO)ccc2Cl)cc1N1CC(F)C1. The highest BCUT2D eigenvalue weighted by Gasteiger charge is 2.31. The minimum atomic E-state index is -1.03. The lowest BCUT2D eigenvalue weighted by Crippen LogP contribution is -2.49. The molecule has 2 amide bonds. The fourth-order valence-corrected chi connectivity index (χ4v) is 4.92. The average molecular weight is 578 g/mol. The van der Waals surface area contributed by atoms with Gasteiger partial charge >= 0.3 is 0 Å². The van der Waals surface area contributed by atoms with Crippen LogP contribution in [0.15, 0.2) is 54.6 Å². The lowest BCUT2D eigenvalue weighted by atomic mass is 9.99. The van der Waals surface area contributed by atoms with E-state index < -0.39 is 17.9 Å². The Bertz CT molecular complexity index is 1360. The van der Waals surface area contributed by atoms with Gasteiger partial charge in [-0.25, -0.2) is 8.78 Å². The van der Waals surface area contributed by atoms with E-state index in [1.807, 2.05) is 0 Å². The second-order valence-corrected chi connectivity index (χ2v) is 9.92. The second-order valence-electron chi connectivity index (χ2n) is 9.10. The molecule has 39 heavy (non-hydrogen) atoms. The number of hydrogen-bond acceptors (Lipinski definition) is 5. The van der Waals surface area contributed by atoms with Crippen LogP contribution in [0.2, 0.25) is 10.0 Å². The number of hydrogen-bond donors (Lipinski definition) is 2. The minimum Gasteiger partial charge on any atom is -0.395 e. The molecule has 0 radical (unpaired) electrons. The standard InChI is InChI=1S/C28H27Cl2F2N3O4/c1-33(28(39)26-22(30)3-2-4-23(26)32)24-8-6-17(14-25(24)35-15-19(31)16-35)20-13-18(5-7-21(20)29)27(38)34(9-11-36)10-12-37/h2-8,13-14,19,36-37H,9-12,15-16H2,1H3. The number of benzene rings is 3. The highest BCUT2D eigenvalue weighted by molar-refractivity contribution is 6.35. The number of aliphatic hydroxyl groups is 2. The summed E-state index contributed by atoms with van der Waals surface area (Å²) in [5.41, 5.74) is 2.10. The third kappa shape index (κ3) is 6.01. The molecule has 1 fully saturated rings. The van der Waals surface area contributed by atoms with Crippen LogP contribution in [0.5, 0.6) is 0 Å². The molecule has 0 bridgehead atoms. The summed E-state index contributed by atoms with van der Waals surface area (Å²) in [5, 5.41) is 18.9. The second kappa shape index (κ2) is 12.3. The predicted octanol–water partition coefficient (Wildman–Crippen LogP) is 4.66. The summed E-state index contributed by atoms with van der Waals surface area (Å²) in [4.78, 5) is 30.6. The van der Waals surface area contributed by atoms with Gasteiger partial charge in [-0.2, -0.15) is 0 Å². The molecule has 0 aromatic heterocycles. The quantitative estimate of drug-likeness (QED) is 0.386. The molecule has 1 aliphatic heterocycles. The summed E-state index contributed by atoms with van der Waals surface area (Å²) in [5.74, 6) is -1.80. The van der Waals surface area contributed by atoms with Gasteiger partial charge in [0.15, 0.2) is 0 Å². The molecule has 4 rings (SSSR count). The van der Waals surface area contributed by atoms with E-state index in [0.717, 1.165) is 6.07 Å². The Hall–Kier alpha value is -3.24. The molecule has 0 spiro atoms. The molecule has 3 aromatic carbocycles. The first-order valence-corrected chi connectivity index (χ1v) is 13.0. The van der Waals surface area contributed by atoms with Gasteiger partial charge in [0.25, 0.3) is 11.8 Å². The number of carbonyl (C=O) groups is 2. The first-order valence-electron chi connectivity index (χ1n) is 12.2. The van der Waals surface area contributed by atoms with Gasteiger partial charge < -0.3 is 24.9 Å². The monoisotopic (exact) mass is 577 g/mol. The highest BCUT2D eigenvalue weighted by Crippen LogP contribution is 2.39. The molecule has 7 nitrogen and oxygen atoms in total. The van der Waals surface area contributed by atoms with Crippen LogP contribution < -0.4 is 9.80 Å². The van der Waals surface area contributed by atoms with Crippen LogP contribution in [0.25, 0.3) is 11.1 Å². The van der Waals surface area contributed by atoms with Gasteiger partial charge in [0.2, 0.25) is 0 Å². The van der Waals surface area contributed by atoms with Crippen molar-refractivity contribution in [2.75, 3.05) is 56.2 Å². The van der Waals surface area contributed by atoms with Gasteiger partial charge in [-0.3, -0.25) is 9.59 Å². The Morgan fingerprint density at radius 1 is 0.974 bits per heavy atom. The summed E-state index contributed by atoms with van der Waals surface area (Å²) in [6, 6.07) is 13.8. The molecule has 2 N–H and O–H groups in total. The van der Waals surface area contributed by atoms with Crippen molar-refractivity contribution in [2.45, 2.75) is 6.17 Å². The van der Waals surface area contributed by atoms with Crippen molar-refractivity contribution in [3.05, 3.63) is 81.6 Å². The fourth-order valence-electron chi connectivity index (χ4n) is 4.45. The smallest absolute Gasteiger partial charge is 0.262 e. The van der Waals surface area contributed by atoms with Crippen LogP contribution in [0.1, 0.15) is 20.7 Å². The van der Waals surface area contributed by atoms with E-state index in [1.165, 1.54) is 29.0 Å². The Balaban J connectivity index is 1.74. The van der Waals surface area contributed by atoms with Crippen LogP contribution in [-0.2, 0) is 0 Å². The molecule has 0 aliphatic carbocycles. The van der Waals surface area contributed by atoms with Crippen molar-refractivity contribution in [2.24, 2.45) is 0 Å². The first kappa shape index (κ1) is 28.8. The number of amides is 2. The van der Waals surface area contributed by atoms with Gasteiger partial charge in [-0.15, -0.1) is 0 Å². The van der Waals surface area contributed by atoms with Gasteiger partial charge in [0.05, 0.1) is 48.3 Å². The van der Waals surface area contributed by atoms with Gasteiger partial charge in [-0.1, -0.05) is 35.3 Å². The first-order chi connectivity index (χ1) is 18.7. The molecular formula is C28H27Cl2F2N3O4. The van der Waals surface area contributed by atoms with Crippen LogP contribution in [0.4, 0.5) is 20.2 Å². The van der Waals surface area contributed by atoms with Crippen molar-refractivity contribution >= 4 is 46.4 Å². The molecule has 11 heteroatoms. The molecule has 0 atom stereocenters. The zero-order chi connectivity index (χ0) is 28.3. The number of rotatable bonds is 9. The fraction of sp³-hybridized carbons (Fsp3) is 0.286. The van der Waals surface area contributed by atoms with Crippen molar-refractivity contribution in [3.63, 3.8) is 0 Å². The van der Waals surface area contributed by atoms with E-state index >= 15 is 0 Å². The van der Waals surface area contributed by atoms with E-state index in [-0.39, 0.29) is 55.9 Å². The summed E-state index contributed by atoms with van der Waals surface area (Å²) < 4.78 is 28.3. The average Bonchev–Trinajstić information content (AvgIpc) is 2.90. The molecule has 1 saturated heterocycles. The van der Waals surface area contributed by atoms with Crippen molar-refractivity contribution in [1.29, 1.82) is 0 Å². The van der Waals surface area contributed by atoms with Gasteiger partial charge in [0.1, 0.15) is 12.0 Å². The van der Waals surface area contributed by atoms with E-state index in [4.69, 9.17) is 23.2 Å². The number of carbonyl (C=O) groups excluding carboxylic acids is 2. The number of alkyl halides is 1. The normalized spacial score (nSPS) is 13.3. The molecule has 0 unspecified atom stereocenters. The number of nitrogens with zero attached hydrogens (tertiary/aromatic N) is 3. The Labute approximate surface area is 234 Å². The minimum absolute atomic E-state index is 0.0255. The lowest BCUT2D eigenvalue weighted by molar-refractivity contribution is 0.0684. The van der Waals surface area contributed by atoms with E-state index in [2.05, 4.69) is 0 Å². The number of halogens is 4. The van der Waals surface area contributed by atoms with Gasteiger partial charge in [-0.05, 0) is 48.0 Å². The summed E-state index contributed by atoms with van der Waals surface area (Å²) >= 11 is 12.6. The van der Waals surface area contributed by atoms with E-state index in [9.17, 15) is 28.6 Å². The summed E-state index contributed by atoms with van der Waals surface area (Å²) in [6.45, 7) is -0.172. The Morgan fingerprint density at radius 2 is 1.67 bits per heavy atom. The zero-order valence-corrected chi connectivity index (χ0v) is 22.6. The highest BCUT2D eigenvalue weighted by atomic mass is 35.5. The van der Waals surface area contributed by atoms with Crippen LogP contribution >= 0.6 is 23.2 Å². The molecular weight excluding hydrogens is 551 g/mol. The number of anilines is 2. The van der Waals surface area contributed by atoms with E-state index in [0.29, 0.717) is 33.1 Å². The largest absolute Gasteiger partial charge is 0.395 e. The predicted molar refractivity (Wildman–Crippen MR) is 148 cm³/mol.